The highest BCUT2D eigenvalue weighted by molar-refractivity contribution is 6.06. The van der Waals surface area contributed by atoms with Crippen LogP contribution in [0.2, 0.25) is 0 Å². The first-order valence-corrected chi connectivity index (χ1v) is 12.1. The van der Waals surface area contributed by atoms with Crippen molar-refractivity contribution in [2.45, 2.75) is 32.6 Å². The molecule has 0 saturated carbocycles. The minimum Gasteiger partial charge on any atom is -0.481 e. The fourth-order valence-electron chi connectivity index (χ4n) is 3.44. The third-order valence-electron chi connectivity index (χ3n) is 5.50. The lowest BCUT2D eigenvalue weighted by Crippen LogP contribution is -2.15. The minimum absolute atomic E-state index is 0.0330. The normalized spacial score (nSPS) is 11.0. The monoisotopic (exact) mass is 531 g/mol. The Morgan fingerprint density at radius 2 is 1.56 bits per heavy atom. The van der Waals surface area contributed by atoms with E-state index in [2.05, 4.69) is 25.8 Å². The highest BCUT2D eigenvalue weighted by Crippen LogP contribution is 2.27. The summed E-state index contributed by atoms with van der Waals surface area (Å²) in [6.07, 6.45) is 0.132. The molecule has 2 aromatic carbocycles. The number of aromatic nitrogens is 3. The van der Waals surface area contributed by atoms with Crippen molar-refractivity contribution in [2.24, 2.45) is 0 Å². The van der Waals surface area contributed by atoms with Gasteiger partial charge < -0.3 is 29.4 Å². The maximum absolute atomic E-state index is 13.0. The summed E-state index contributed by atoms with van der Waals surface area (Å²) in [5, 5.41) is 9.48. The number of carbonyl (C=O) groups excluding carboxylic acids is 2. The van der Waals surface area contributed by atoms with Gasteiger partial charge in [0.25, 0.3) is 5.91 Å². The lowest BCUT2D eigenvalue weighted by Gasteiger charge is -2.12. The van der Waals surface area contributed by atoms with E-state index in [1.807, 2.05) is 20.8 Å². The number of hydrogen-bond donors (Lipinski definition) is 2. The van der Waals surface area contributed by atoms with Crippen molar-refractivity contribution >= 4 is 23.3 Å². The van der Waals surface area contributed by atoms with Crippen LogP contribution in [-0.2, 0) is 16.6 Å². The van der Waals surface area contributed by atoms with Gasteiger partial charge in [0.2, 0.25) is 17.7 Å². The van der Waals surface area contributed by atoms with Crippen LogP contribution in [0.15, 0.2) is 65.2 Å². The van der Waals surface area contributed by atoms with E-state index in [4.69, 9.17) is 18.7 Å². The van der Waals surface area contributed by atoms with E-state index in [0.29, 0.717) is 17.3 Å². The lowest BCUT2D eigenvalue weighted by atomic mass is 9.93. The SMILES string of the molecule is COc1cc(OC)nc(Oc2ccccc2C(=O)Nc2ccc(CC(=O)Nc3cc(C(C)(C)C)on3)cc2)n1. The van der Waals surface area contributed by atoms with E-state index >= 15 is 0 Å². The van der Waals surface area contributed by atoms with Gasteiger partial charge in [0.1, 0.15) is 11.5 Å². The van der Waals surface area contributed by atoms with E-state index in [0.717, 1.165) is 5.56 Å². The van der Waals surface area contributed by atoms with Crippen molar-refractivity contribution in [3.63, 3.8) is 0 Å². The average molecular weight is 532 g/mol. The molecule has 2 heterocycles. The van der Waals surface area contributed by atoms with Crippen LogP contribution in [0.4, 0.5) is 11.5 Å². The summed E-state index contributed by atoms with van der Waals surface area (Å²) >= 11 is 0. The molecule has 0 spiro atoms. The van der Waals surface area contributed by atoms with Gasteiger partial charge in [0.15, 0.2) is 5.82 Å². The molecular formula is C28H29N5O6. The molecule has 0 radical (unpaired) electrons. The molecular weight excluding hydrogens is 502 g/mol. The maximum atomic E-state index is 13.0. The van der Waals surface area contributed by atoms with Crippen molar-refractivity contribution < 1.29 is 28.3 Å². The molecule has 0 saturated heterocycles. The Hall–Kier alpha value is -4.93. The summed E-state index contributed by atoms with van der Waals surface area (Å²) in [7, 11) is 2.92. The smallest absolute Gasteiger partial charge is 0.328 e. The number of nitrogens with one attached hydrogen (secondary N) is 2. The fraction of sp³-hybridized carbons (Fsp3) is 0.250. The predicted octanol–water partition coefficient (Wildman–Crippen LogP) is 5.01. The molecule has 11 nitrogen and oxygen atoms in total. The number of benzene rings is 2. The number of carbonyl (C=O) groups is 2. The van der Waals surface area contributed by atoms with Gasteiger partial charge in [-0.1, -0.05) is 50.2 Å². The first kappa shape index (κ1) is 27.1. The summed E-state index contributed by atoms with van der Waals surface area (Å²) in [5.41, 5.74) is 1.37. The van der Waals surface area contributed by atoms with E-state index in [9.17, 15) is 9.59 Å². The maximum Gasteiger partial charge on any atom is 0.328 e. The van der Waals surface area contributed by atoms with Gasteiger partial charge in [0.05, 0.1) is 32.3 Å². The molecule has 2 N–H and O–H groups in total. The Kier molecular flexibility index (Phi) is 8.09. The molecule has 0 bridgehead atoms. The molecule has 202 valence electrons. The number of anilines is 2. The Morgan fingerprint density at radius 1 is 0.897 bits per heavy atom. The Morgan fingerprint density at radius 3 is 2.18 bits per heavy atom. The van der Waals surface area contributed by atoms with Gasteiger partial charge in [-0.3, -0.25) is 9.59 Å². The number of para-hydroxylation sites is 1. The number of rotatable bonds is 9. The highest BCUT2D eigenvalue weighted by Gasteiger charge is 2.20. The zero-order valence-corrected chi connectivity index (χ0v) is 22.3. The van der Waals surface area contributed by atoms with Crippen LogP contribution >= 0.6 is 0 Å². The quantitative estimate of drug-likeness (QED) is 0.305. The van der Waals surface area contributed by atoms with Crippen molar-refractivity contribution in [2.75, 3.05) is 24.9 Å². The van der Waals surface area contributed by atoms with Crippen molar-refractivity contribution in [1.82, 2.24) is 15.1 Å². The fourth-order valence-corrected chi connectivity index (χ4v) is 3.44. The summed E-state index contributed by atoms with van der Waals surface area (Å²) in [6.45, 7) is 5.99. The largest absolute Gasteiger partial charge is 0.481 e. The molecule has 0 aliphatic heterocycles. The van der Waals surface area contributed by atoms with Crippen molar-refractivity contribution in [3.8, 4) is 23.5 Å². The third-order valence-corrected chi connectivity index (χ3v) is 5.50. The molecule has 2 amide bonds. The number of methoxy groups -OCH3 is 2. The Bertz CT molecular complexity index is 1440. The van der Waals surface area contributed by atoms with Gasteiger partial charge in [-0.25, -0.2) is 0 Å². The third kappa shape index (κ3) is 7.10. The van der Waals surface area contributed by atoms with Crippen LogP contribution in [0.5, 0.6) is 23.5 Å². The molecule has 4 aromatic rings. The Balaban J connectivity index is 1.39. The molecule has 11 heteroatoms. The summed E-state index contributed by atoms with van der Waals surface area (Å²) in [5.74, 6) is 1.18. The zero-order valence-electron chi connectivity index (χ0n) is 22.3. The molecule has 0 fully saturated rings. The number of amides is 2. The molecule has 0 aliphatic rings. The van der Waals surface area contributed by atoms with Gasteiger partial charge in [-0.15, -0.1) is 0 Å². The van der Waals surface area contributed by atoms with Crippen LogP contribution < -0.4 is 24.8 Å². The highest BCUT2D eigenvalue weighted by atomic mass is 16.5. The van der Waals surface area contributed by atoms with E-state index in [1.54, 1.807) is 54.6 Å². The zero-order chi connectivity index (χ0) is 28.0. The van der Waals surface area contributed by atoms with Crippen LogP contribution in [0.1, 0.15) is 42.5 Å². The first-order chi connectivity index (χ1) is 18.6. The molecule has 0 aliphatic carbocycles. The number of nitrogens with zero attached hydrogens (tertiary/aromatic N) is 3. The lowest BCUT2D eigenvalue weighted by molar-refractivity contribution is -0.115. The van der Waals surface area contributed by atoms with Crippen LogP contribution in [-0.4, -0.2) is 41.2 Å². The molecule has 2 aromatic heterocycles. The second-order valence-corrected chi connectivity index (χ2v) is 9.54. The number of hydrogen-bond acceptors (Lipinski definition) is 9. The second-order valence-electron chi connectivity index (χ2n) is 9.54. The molecule has 4 rings (SSSR count). The average Bonchev–Trinajstić information content (AvgIpc) is 3.39. The van der Waals surface area contributed by atoms with Gasteiger partial charge >= 0.3 is 6.01 Å². The standard InChI is InChI=1S/C28H29N5O6/c1-28(2,3)21-15-22(33-39-21)30-23(34)14-17-10-12-18(13-11-17)29-26(35)19-8-6-7-9-20(19)38-27-31-24(36-4)16-25(32-27)37-5/h6-13,15-16H,14H2,1-5H3,(H,29,35)(H,30,33,34). The van der Waals surface area contributed by atoms with Crippen molar-refractivity contribution in [1.29, 1.82) is 0 Å². The number of ether oxygens (including phenoxy) is 3. The topological polar surface area (TPSA) is 138 Å². The van der Waals surface area contributed by atoms with Gasteiger partial charge in [0, 0.05) is 17.2 Å². The summed E-state index contributed by atoms with van der Waals surface area (Å²) < 4.78 is 21.4. The molecule has 0 unspecified atom stereocenters. The Labute approximate surface area is 225 Å². The first-order valence-electron chi connectivity index (χ1n) is 12.1. The summed E-state index contributed by atoms with van der Waals surface area (Å²) in [4.78, 5) is 33.8. The van der Waals surface area contributed by atoms with Gasteiger partial charge in [-0.2, -0.15) is 9.97 Å². The van der Waals surface area contributed by atoms with Crippen molar-refractivity contribution in [3.05, 3.63) is 77.6 Å². The van der Waals surface area contributed by atoms with Crippen LogP contribution in [0.3, 0.4) is 0 Å². The predicted molar refractivity (Wildman–Crippen MR) is 144 cm³/mol. The van der Waals surface area contributed by atoms with E-state index < -0.39 is 5.91 Å². The van der Waals surface area contributed by atoms with E-state index in [1.165, 1.54) is 20.3 Å². The van der Waals surface area contributed by atoms with Crippen LogP contribution in [0, 0.1) is 0 Å². The minimum atomic E-state index is -0.397. The van der Waals surface area contributed by atoms with Gasteiger partial charge in [-0.05, 0) is 29.8 Å². The second kappa shape index (κ2) is 11.6. The molecule has 0 atom stereocenters. The molecule has 39 heavy (non-hydrogen) atoms. The summed E-state index contributed by atoms with van der Waals surface area (Å²) in [6, 6.07) is 16.8. The van der Waals surface area contributed by atoms with Crippen LogP contribution in [0.25, 0.3) is 0 Å². The van der Waals surface area contributed by atoms with E-state index in [-0.39, 0.29) is 46.8 Å².